The van der Waals surface area contributed by atoms with Crippen molar-refractivity contribution in [1.82, 2.24) is 15.3 Å². The molecule has 118 valence electrons. The topological polar surface area (TPSA) is 37.8 Å². The third-order valence-electron chi connectivity index (χ3n) is 5.25. The lowest BCUT2D eigenvalue weighted by molar-refractivity contribution is 0.167. The zero-order valence-corrected chi connectivity index (χ0v) is 14.5. The van der Waals surface area contributed by atoms with Gasteiger partial charge in [-0.15, -0.1) is 0 Å². The molecule has 1 aromatic rings. The van der Waals surface area contributed by atoms with Gasteiger partial charge >= 0.3 is 0 Å². The molecule has 0 spiro atoms. The summed E-state index contributed by atoms with van der Waals surface area (Å²) in [6.45, 7) is 11.4. The van der Waals surface area contributed by atoms with E-state index in [1.807, 2.05) is 13.2 Å². The summed E-state index contributed by atoms with van der Waals surface area (Å²) in [7, 11) is 1.98. The SMILES string of the molecule is CNC(C)c1cnc(C2CCC(C(C)(C)C)CC2)nc1C. The second kappa shape index (κ2) is 6.43. The highest BCUT2D eigenvalue weighted by Gasteiger charge is 2.31. The van der Waals surface area contributed by atoms with Crippen LogP contribution in [-0.2, 0) is 0 Å². The van der Waals surface area contributed by atoms with Crippen molar-refractivity contribution in [3.63, 3.8) is 0 Å². The summed E-state index contributed by atoms with van der Waals surface area (Å²) in [6.07, 6.45) is 7.12. The van der Waals surface area contributed by atoms with Gasteiger partial charge in [0.1, 0.15) is 5.82 Å². The molecule has 1 saturated carbocycles. The van der Waals surface area contributed by atoms with Crippen molar-refractivity contribution in [3.05, 3.63) is 23.3 Å². The van der Waals surface area contributed by atoms with Gasteiger partial charge in [-0.1, -0.05) is 20.8 Å². The van der Waals surface area contributed by atoms with Gasteiger partial charge in [0.2, 0.25) is 0 Å². The summed E-state index contributed by atoms with van der Waals surface area (Å²) in [5.41, 5.74) is 2.78. The van der Waals surface area contributed by atoms with E-state index in [0.29, 0.717) is 17.4 Å². The molecule has 2 rings (SSSR count). The maximum absolute atomic E-state index is 4.80. The first-order chi connectivity index (χ1) is 9.82. The highest BCUT2D eigenvalue weighted by Crippen LogP contribution is 2.42. The Labute approximate surface area is 130 Å². The first kappa shape index (κ1) is 16.4. The molecule has 3 nitrogen and oxygen atoms in total. The van der Waals surface area contributed by atoms with Gasteiger partial charge in [-0.2, -0.15) is 0 Å². The van der Waals surface area contributed by atoms with E-state index in [0.717, 1.165) is 17.4 Å². The average molecular weight is 289 g/mol. The maximum atomic E-state index is 4.80. The third-order valence-corrected chi connectivity index (χ3v) is 5.25. The number of nitrogens with one attached hydrogen (secondary N) is 1. The van der Waals surface area contributed by atoms with Crippen LogP contribution in [0.15, 0.2) is 6.20 Å². The van der Waals surface area contributed by atoms with Crippen LogP contribution in [0.1, 0.15) is 82.4 Å². The number of nitrogens with zero attached hydrogens (tertiary/aromatic N) is 2. The molecule has 0 bridgehead atoms. The Kier molecular flexibility index (Phi) is 5.03. The normalized spacial score (nSPS) is 24.9. The zero-order valence-electron chi connectivity index (χ0n) is 14.5. The lowest BCUT2D eigenvalue weighted by Crippen LogP contribution is -2.26. The molecule has 1 aromatic heterocycles. The molecular weight excluding hydrogens is 258 g/mol. The minimum atomic E-state index is 0.315. The Hall–Kier alpha value is -0.960. The second-order valence-corrected chi connectivity index (χ2v) is 7.69. The molecule has 1 unspecified atom stereocenters. The largest absolute Gasteiger partial charge is 0.313 e. The van der Waals surface area contributed by atoms with Crippen LogP contribution in [0.25, 0.3) is 0 Å². The summed E-state index contributed by atoms with van der Waals surface area (Å²) < 4.78 is 0. The summed E-state index contributed by atoms with van der Waals surface area (Å²) in [4.78, 5) is 9.47. The summed E-state index contributed by atoms with van der Waals surface area (Å²) in [5, 5.41) is 3.26. The van der Waals surface area contributed by atoms with Crippen LogP contribution < -0.4 is 5.32 Å². The molecule has 0 radical (unpaired) electrons. The maximum Gasteiger partial charge on any atom is 0.131 e. The molecule has 3 heteroatoms. The first-order valence-electron chi connectivity index (χ1n) is 8.33. The quantitative estimate of drug-likeness (QED) is 0.897. The lowest BCUT2D eigenvalue weighted by Gasteiger charge is -2.36. The minimum absolute atomic E-state index is 0.315. The van der Waals surface area contributed by atoms with Crippen LogP contribution >= 0.6 is 0 Å². The molecule has 0 aliphatic heterocycles. The number of aromatic nitrogens is 2. The van der Waals surface area contributed by atoms with Gasteiger partial charge in [0.05, 0.1) is 0 Å². The summed E-state index contributed by atoms with van der Waals surface area (Å²) >= 11 is 0. The Bertz CT molecular complexity index is 468. The first-order valence-corrected chi connectivity index (χ1v) is 8.33. The van der Waals surface area contributed by atoms with Gasteiger partial charge in [-0.25, -0.2) is 9.97 Å². The van der Waals surface area contributed by atoms with E-state index < -0.39 is 0 Å². The average Bonchev–Trinajstić information content (AvgIpc) is 2.45. The lowest BCUT2D eigenvalue weighted by atomic mass is 9.69. The van der Waals surface area contributed by atoms with E-state index >= 15 is 0 Å². The fourth-order valence-electron chi connectivity index (χ4n) is 3.49. The molecule has 1 fully saturated rings. The van der Waals surface area contributed by atoms with Crippen molar-refractivity contribution >= 4 is 0 Å². The molecule has 1 aliphatic carbocycles. The molecule has 0 amide bonds. The van der Waals surface area contributed by atoms with Crippen LogP contribution in [0.2, 0.25) is 0 Å². The zero-order chi connectivity index (χ0) is 15.6. The molecule has 0 aromatic carbocycles. The van der Waals surface area contributed by atoms with Crippen LogP contribution in [0, 0.1) is 18.3 Å². The van der Waals surface area contributed by atoms with Gasteiger partial charge in [0.15, 0.2) is 0 Å². The standard InChI is InChI=1S/C18H31N3/c1-12(19-6)16-11-20-17(21-13(16)2)14-7-9-15(10-8-14)18(3,4)5/h11-12,14-15,19H,7-10H2,1-6H3. The van der Waals surface area contributed by atoms with Gasteiger partial charge < -0.3 is 5.32 Å². The summed E-state index contributed by atoms with van der Waals surface area (Å²) in [5.74, 6) is 2.46. The van der Waals surface area contributed by atoms with E-state index in [4.69, 9.17) is 4.98 Å². The van der Waals surface area contributed by atoms with Crippen molar-refractivity contribution in [3.8, 4) is 0 Å². The van der Waals surface area contributed by atoms with E-state index in [1.54, 1.807) is 0 Å². The number of rotatable bonds is 3. The predicted molar refractivity (Wildman–Crippen MR) is 88.4 cm³/mol. The van der Waals surface area contributed by atoms with E-state index in [-0.39, 0.29) is 0 Å². The van der Waals surface area contributed by atoms with E-state index in [9.17, 15) is 0 Å². The molecule has 1 atom stereocenters. The third kappa shape index (κ3) is 3.82. The van der Waals surface area contributed by atoms with Crippen LogP contribution in [0.4, 0.5) is 0 Å². The van der Waals surface area contributed by atoms with E-state index in [2.05, 4.69) is 44.9 Å². The van der Waals surface area contributed by atoms with Gasteiger partial charge in [-0.05, 0) is 57.9 Å². The van der Waals surface area contributed by atoms with Crippen molar-refractivity contribution < 1.29 is 0 Å². The molecule has 21 heavy (non-hydrogen) atoms. The molecule has 0 saturated heterocycles. The predicted octanol–water partition coefficient (Wildman–Crippen LogP) is 4.39. The highest BCUT2D eigenvalue weighted by atomic mass is 14.9. The van der Waals surface area contributed by atoms with Crippen LogP contribution in [-0.4, -0.2) is 17.0 Å². The number of aryl methyl sites for hydroxylation is 1. The fourth-order valence-corrected chi connectivity index (χ4v) is 3.49. The van der Waals surface area contributed by atoms with Crippen LogP contribution in [0.3, 0.4) is 0 Å². The highest BCUT2D eigenvalue weighted by molar-refractivity contribution is 5.20. The van der Waals surface area contributed by atoms with Crippen molar-refractivity contribution in [2.75, 3.05) is 7.05 Å². The molecular formula is C18H31N3. The smallest absolute Gasteiger partial charge is 0.131 e. The van der Waals surface area contributed by atoms with Crippen molar-refractivity contribution in [2.24, 2.45) is 11.3 Å². The Balaban J connectivity index is 2.06. The number of hydrogen-bond donors (Lipinski definition) is 1. The van der Waals surface area contributed by atoms with Gasteiger partial charge in [0, 0.05) is 29.4 Å². The second-order valence-electron chi connectivity index (χ2n) is 7.69. The minimum Gasteiger partial charge on any atom is -0.313 e. The molecule has 1 heterocycles. The Morgan fingerprint density at radius 2 is 1.81 bits per heavy atom. The molecule has 1 aliphatic rings. The Morgan fingerprint density at radius 3 is 2.29 bits per heavy atom. The monoisotopic (exact) mass is 289 g/mol. The fraction of sp³-hybridized carbons (Fsp3) is 0.778. The molecule has 1 N–H and O–H groups in total. The van der Waals surface area contributed by atoms with Gasteiger partial charge in [0.25, 0.3) is 0 Å². The van der Waals surface area contributed by atoms with Gasteiger partial charge in [-0.3, -0.25) is 0 Å². The Morgan fingerprint density at radius 1 is 1.19 bits per heavy atom. The van der Waals surface area contributed by atoms with Crippen LogP contribution in [0.5, 0.6) is 0 Å². The summed E-state index contributed by atoms with van der Waals surface area (Å²) in [6, 6.07) is 0.315. The number of hydrogen-bond acceptors (Lipinski definition) is 3. The van der Waals surface area contributed by atoms with E-state index in [1.165, 1.54) is 31.2 Å². The van der Waals surface area contributed by atoms with Crippen molar-refractivity contribution in [2.45, 2.75) is 72.3 Å². The van der Waals surface area contributed by atoms with Crippen molar-refractivity contribution in [1.29, 1.82) is 0 Å².